The molecule has 1 fully saturated rings. The number of benzene rings is 1. The normalized spacial score (nSPS) is 23.2. The minimum Gasteiger partial charge on any atom is -0.481 e. The van der Waals surface area contributed by atoms with Gasteiger partial charge in [0.05, 0.1) is 0 Å². The van der Waals surface area contributed by atoms with Crippen LogP contribution in [-0.2, 0) is 10.2 Å². The quantitative estimate of drug-likeness (QED) is 0.897. The molecule has 3 unspecified atom stereocenters. The lowest BCUT2D eigenvalue weighted by atomic mass is 9.87. The third kappa shape index (κ3) is 5.24. The highest BCUT2D eigenvalue weighted by atomic mass is 16.5. The van der Waals surface area contributed by atoms with Crippen LogP contribution in [0.3, 0.4) is 0 Å². The number of hydrogen-bond donors (Lipinski definition) is 2. The van der Waals surface area contributed by atoms with Crippen molar-refractivity contribution in [3.05, 3.63) is 29.8 Å². The van der Waals surface area contributed by atoms with E-state index < -0.39 is 6.10 Å². The van der Waals surface area contributed by atoms with E-state index in [1.54, 1.807) is 0 Å². The fourth-order valence-electron chi connectivity index (χ4n) is 2.88. The number of hydrogen-bond acceptors (Lipinski definition) is 3. The Labute approximate surface area is 140 Å². The Morgan fingerprint density at radius 2 is 2.13 bits per heavy atom. The van der Waals surface area contributed by atoms with Crippen LogP contribution in [0, 0.1) is 0 Å². The van der Waals surface area contributed by atoms with Gasteiger partial charge >= 0.3 is 0 Å². The molecular formula is C19H30N2O2. The van der Waals surface area contributed by atoms with Gasteiger partial charge < -0.3 is 15.4 Å². The van der Waals surface area contributed by atoms with E-state index in [-0.39, 0.29) is 17.4 Å². The van der Waals surface area contributed by atoms with E-state index in [1.807, 2.05) is 25.1 Å². The van der Waals surface area contributed by atoms with Gasteiger partial charge in [-0.1, -0.05) is 32.9 Å². The maximum Gasteiger partial charge on any atom is 0.260 e. The van der Waals surface area contributed by atoms with Crippen LogP contribution in [0.2, 0.25) is 0 Å². The first-order valence-corrected chi connectivity index (χ1v) is 8.56. The van der Waals surface area contributed by atoms with Crippen molar-refractivity contribution >= 4 is 5.91 Å². The summed E-state index contributed by atoms with van der Waals surface area (Å²) >= 11 is 0. The predicted octanol–water partition coefficient (Wildman–Crippen LogP) is 3.01. The first kappa shape index (κ1) is 17.8. The van der Waals surface area contributed by atoms with E-state index in [0.717, 1.165) is 25.1 Å². The fraction of sp³-hybridized carbons (Fsp3) is 0.632. The largest absolute Gasteiger partial charge is 0.481 e. The molecule has 1 saturated heterocycles. The molecule has 2 rings (SSSR count). The summed E-state index contributed by atoms with van der Waals surface area (Å²) < 4.78 is 5.85. The molecule has 1 aliphatic heterocycles. The van der Waals surface area contributed by atoms with Crippen LogP contribution >= 0.6 is 0 Å². The summed E-state index contributed by atoms with van der Waals surface area (Å²) in [5.74, 6) is 0.712. The van der Waals surface area contributed by atoms with Crippen molar-refractivity contribution in [3.8, 4) is 5.75 Å². The van der Waals surface area contributed by atoms with Crippen LogP contribution < -0.4 is 15.4 Å². The summed E-state index contributed by atoms with van der Waals surface area (Å²) in [6.07, 6.45) is 1.45. The maximum absolute atomic E-state index is 12.3. The van der Waals surface area contributed by atoms with Crippen molar-refractivity contribution in [2.75, 3.05) is 6.54 Å². The fourth-order valence-corrected chi connectivity index (χ4v) is 2.88. The van der Waals surface area contributed by atoms with Crippen molar-refractivity contribution in [1.82, 2.24) is 10.6 Å². The molecule has 1 aliphatic rings. The zero-order valence-electron chi connectivity index (χ0n) is 15.0. The van der Waals surface area contributed by atoms with Gasteiger partial charge in [-0.15, -0.1) is 0 Å². The van der Waals surface area contributed by atoms with Crippen LogP contribution in [0.1, 0.15) is 53.0 Å². The smallest absolute Gasteiger partial charge is 0.260 e. The lowest BCUT2D eigenvalue weighted by Gasteiger charge is -2.29. The Hall–Kier alpha value is -1.55. The molecule has 0 aliphatic carbocycles. The van der Waals surface area contributed by atoms with Crippen molar-refractivity contribution in [3.63, 3.8) is 0 Å². The minimum atomic E-state index is -0.490. The molecule has 3 atom stereocenters. The van der Waals surface area contributed by atoms with Gasteiger partial charge in [0.1, 0.15) is 5.75 Å². The molecule has 2 N–H and O–H groups in total. The average molecular weight is 318 g/mol. The third-order valence-electron chi connectivity index (χ3n) is 4.35. The molecule has 1 aromatic rings. The SMILES string of the molecule is CC1CC(NC(=O)C(C)Oc2cccc(C(C)(C)C)c2)CCN1. The van der Waals surface area contributed by atoms with Gasteiger partial charge in [0.25, 0.3) is 5.91 Å². The summed E-state index contributed by atoms with van der Waals surface area (Å²) in [5.41, 5.74) is 1.27. The van der Waals surface area contributed by atoms with Crippen molar-refractivity contribution in [1.29, 1.82) is 0 Å². The lowest BCUT2D eigenvalue weighted by Crippen LogP contribution is -2.49. The highest BCUT2D eigenvalue weighted by Crippen LogP contribution is 2.26. The van der Waals surface area contributed by atoms with Gasteiger partial charge in [-0.25, -0.2) is 0 Å². The van der Waals surface area contributed by atoms with E-state index in [1.165, 1.54) is 5.56 Å². The van der Waals surface area contributed by atoms with E-state index in [0.29, 0.717) is 6.04 Å². The van der Waals surface area contributed by atoms with Crippen LogP contribution in [0.5, 0.6) is 5.75 Å². The van der Waals surface area contributed by atoms with E-state index >= 15 is 0 Å². The number of amides is 1. The Balaban J connectivity index is 1.93. The standard InChI is InChI=1S/C19H30N2O2/c1-13-11-16(9-10-20-13)21-18(22)14(2)23-17-8-6-7-15(12-17)19(3,4)5/h6-8,12-14,16,20H,9-11H2,1-5H3,(H,21,22). The highest BCUT2D eigenvalue weighted by Gasteiger charge is 2.23. The number of carbonyl (C=O) groups is 1. The molecular weight excluding hydrogens is 288 g/mol. The second-order valence-corrected chi connectivity index (χ2v) is 7.62. The predicted molar refractivity (Wildman–Crippen MR) is 93.9 cm³/mol. The highest BCUT2D eigenvalue weighted by molar-refractivity contribution is 5.81. The van der Waals surface area contributed by atoms with E-state index in [2.05, 4.69) is 44.4 Å². The van der Waals surface area contributed by atoms with Crippen molar-refractivity contribution in [2.45, 2.75) is 71.1 Å². The molecule has 4 nitrogen and oxygen atoms in total. The van der Waals surface area contributed by atoms with Gasteiger partial charge in [-0.2, -0.15) is 0 Å². The molecule has 0 bridgehead atoms. The zero-order valence-corrected chi connectivity index (χ0v) is 15.0. The third-order valence-corrected chi connectivity index (χ3v) is 4.35. The molecule has 0 radical (unpaired) electrons. The second-order valence-electron chi connectivity index (χ2n) is 7.62. The number of ether oxygens (including phenoxy) is 1. The molecule has 0 saturated carbocycles. The Morgan fingerprint density at radius 3 is 2.78 bits per heavy atom. The zero-order chi connectivity index (χ0) is 17.0. The van der Waals surface area contributed by atoms with Crippen LogP contribution in [-0.4, -0.2) is 30.6 Å². The number of nitrogens with one attached hydrogen (secondary N) is 2. The van der Waals surface area contributed by atoms with Gasteiger partial charge in [0.2, 0.25) is 0 Å². The molecule has 0 spiro atoms. The summed E-state index contributed by atoms with van der Waals surface area (Å²) in [5, 5.41) is 6.50. The Kier molecular flexibility index (Phi) is 5.69. The molecule has 4 heteroatoms. The second kappa shape index (κ2) is 7.35. The first-order chi connectivity index (χ1) is 10.8. The molecule has 128 valence electrons. The van der Waals surface area contributed by atoms with Crippen LogP contribution in [0.4, 0.5) is 0 Å². The summed E-state index contributed by atoms with van der Waals surface area (Å²) in [4.78, 5) is 12.3. The first-order valence-electron chi connectivity index (χ1n) is 8.56. The average Bonchev–Trinajstić information content (AvgIpc) is 2.46. The van der Waals surface area contributed by atoms with Crippen molar-refractivity contribution in [2.24, 2.45) is 0 Å². The Bertz CT molecular complexity index is 536. The molecule has 0 aromatic heterocycles. The van der Waals surface area contributed by atoms with Gasteiger partial charge in [0.15, 0.2) is 6.10 Å². The number of rotatable bonds is 4. The van der Waals surface area contributed by atoms with Gasteiger partial charge in [0, 0.05) is 12.1 Å². The summed E-state index contributed by atoms with van der Waals surface area (Å²) in [7, 11) is 0. The molecule has 1 amide bonds. The maximum atomic E-state index is 12.3. The van der Waals surface area contributed by atoms with Crippen molar-refractivity contribution < 1.29 is 9.53 Å². The molecule has 1 aromatic carbocycles. The number of piperidine rings is 1. The van der Waals surface area contributed by atoms with E-state index in [9.17, 15) is 4.79 Å². The Morgan fingerprint density at radius 1 is 1.39 bits per heavy atom. The number of carbonyl (C=O) groups excluding carboxylic acids is 1. The molecule has 23 heavy (non-hydrogen) atoms. The summed E-state index contributed by atoms with van der Waals surface area (Å²) in [6.45, 7) is 11.4. The monoisotopic (exact) mass is 318 g/mol. The van der Waals surface area contributed by atoms with E-state index in [4.69, 9.17) is 4.74 Å². The summed E-state index contributed by atoms with van der Waals surface area (Å²) in [6, 6.07) is 8.70. The van der Waals surface area contributed by atoms with Crippen LogP contribution in [0.15, 0.2) is 24.3 Å². The van der Waals surface area contributed by atoms with Crippen LogP contribution in [0.25, 0.3) is 0 Å². The topological polar surface area (TPSA) is 50.4 Å². The minimum absolute atomic E-state index is 0.0368. The van der Waals surface area contributed by atoms with Gasteiger partial charge in [-0.05, 0) is 56.3 Å². The van der Waals surface area contributed by atoms with Gasteiger partial charge in [-0.3, -0.25) is 4.79 Å². The lowest BCUT2D eigenvalue weighted by molar-refractivity contribution is -0.128. The molecule has 1 heterocycles.